The van der Waals surface area contributed by atoms with Crippen molar-refractivity contribution in [2.45, 2.75) is 23.1 Å². The molecule has 0 spiro atoms. The van der Waals surface area contributed by atoms with E-state index in [1.807, 2.05) is 13.0 Å². The fraction of sp³-hybridized carbons (Fsp3) is 0.200. The van der Waals surface area contributed by atoms with Crippen LogP contribution >= 0.6 is 34.7 Å². The highest BCUT2D eigenvalue weighted by atomic mass is 35.5. The van der Waals surface area contributed by atoms with Crippen molar-refractivity contribution >= 4 is 67.4 Å². The summed E-state index contributed by atoms with van der Waals surface area (Å²) < 4.78 is 33.5. The van der Waals surface area contributed by atoms with Gasteiger partial charge in [-0.15, -0.1) is 10.2 Å². The molecule has 0 aliphatic rings. The van der Waals surface area contributed by atoms with Crippen LogP contribution in [0.2, 0.25) is 5.02 Å². The number of carbonyl (C=O) groups is 2. The molecule has 1 heterocycles. The second-order valence-corrected chi connectivity index (χ2v) is 11.0. The summed E-state index contributed by atoms with van der Waals surface area (Å²) in [5, 5.41) is 10.5. The van der Waals surface area contributed by atoms with Gasteiger partial charge in [-0.05, 0) is 49.2 Å². The molecule has 1 aromatic heterocycles. The first-order valence-electron chi connectivity index (χ1n) is 9.33. The third-order valence-electron chi connectivity index (χ3n) is 4.29. The average Bonchev–Trinajstić information content (AvgIpc) is 3.21. The van der Waals surface area contributed by atoms with Gasteiger partial charge in [-0.25, -0.2) is 8.42 Å². The zero-order valence-corrected chi connectivity index (χ0v) is 20.9. The molecule has 33 heavy (non-hydrogen) atoms. The summed E-state index contributed by atoms with van der Waals surface area (Å²) in [6, 6.07) is 9.33. The lowest BCUT2D eigenvalue weighted by atomic mass is 10.1. The van der Waals surface area contributed by atoms with Crippen LogP contribution in [0.15, 0.2) is 45.6 Å². The number of carbonyl (C=O) groups excluding carboxylic acids is 2. The van der Waals surface area contributed by atoms with E-state index in [4.69, 9.17) is 11.6 Å². The van der Waals surface area contributed by atoms with E-state index in [1.54, 1.807) is 19.1 Å². The average molecular weight is 527 g/mol. The van der Waals surface area contributed by atoms with E-state index < -0.39 is 21.9 Å². The lowest BCUT2D eigenvalue weighted by molar-refractivity contribution is -0.137. The van der Waals surface area contributed by atoms with Crippen molar-refractivity contribution in [1.29, 1.82) is 0 Å². The molecule has 9 nitrogen and oxygen atoms in total. The van der Waals surface area contributed by atoms with Crippen LogP contribution in [0.4, 0.5) is 10.8 Å². The maximum Gasteiger partial charge on any atom is 0.316 e. The number of halogens is 1. The van der Waals surface area contributed by atoms with Crippen molar-refractivity contribution < 1.29 is 22.7 Å². The van der Waals surface area contributed by atoms with Crippen LogP contribution < -0.4 is 10.0 Å². The standard InChI is InChI=1S/C20H19ClN4O5S3/c1-11-4-5-12(2)15(8-11)25-33(28,29)16-9-13(6-7-14(16)21)18(27)22-19-23-24-20(32-19)31-10-17(26)30-3/h4-9,25H,10H2,1-3H3,(H,22,23,27). The molecule has 2 aromatic carbocycles. The number of anilines is 2. The summed E-state index contributed by atoms with van der Waals surface area (Å²) in [5.41, 5.74) is 2.12. The van der Waals surface area contributed by atoms with Gasteiger partial charge in [0.15, 0.2) is 4.34 Å². The minimum absolute atomic E-state index is 0.0261. The van der Waals surface area contributed by atoms with Crippen LogP contribution in [0, 0.1) is 13.8 Å². The number of aryl methyl sites for hydroxylation is 2. The van der Waals surface area contributed by atoms with Crippen LogP contribution in [-0.2, 0) is 19.6 Å². The van der Waals surface area contributed by atoms with Crippen molar-refractivity contribution in [3.8, 4) is 0 Å². The van der Waals surface area contributed by atoms with Gasteiger partial charge in [-0.2, -0.15) is 0 Å². The molecule has 2 N–H and O–H groups in total. The molecule has 1 amide bonds. The SMILES string of the molecule is COC(=O)CSc1nnc(NC(=O)c2ccc(Cl)c(S(=O)(=O)Nc3cc(C)ccc3C)c2)s1. The highest BCUT2D eigenvalue weighted by Gasteiger charge is 2.22. The van der Waals surface area contributed by atoms with E-state index in [-0.39, 0.29) is 26.4 Å². The number of aromatic nitrogens is 2. The predicted octanol–water partition coefficient (Wildman–Crippen LogP) is 4.13. The Bertz CT molecular complexity index is 1310. The molecule has 0 aliphatic carbocycles. The molecule has 0 atom stereocenters. The van der Waals surface area contributed by atoms with Gasteiger partial charge in [0, 0.05) is 5.56 Å². The summed E-state index contributed by atoms with van der Waals surface area (Å²) in [4.78, 5) is 23.7. The van der Waals surface area contributed by atoms with E-state index in [9.17, 15) is 18.0 Å². The summed E-state index contributed by atoms with van der Waals surface area (Å²) in [6.45, 7) is 3.63. The van der Waals surface area contributed by atoms with Gasteiger partial charge in [0.1, 0.15) is 4.90 Å². The molecular weight excluding hydrogens is 508 g/mol. The van der Waals surface area contributed by atoms with Crippen molar-refractivity contribution in [2.75, 3.05) is 22.9 Å². The number of rotatable bonds is 8. The molecule has 0 bridgehead atoms. The maximum atomic E-state index is 13.0. The lowest BCUT2D eigenvalue weighted by Crippen LogP contribution is -2.17. The Kier molecular flexibility index (Phi) is 7.95. The quantitative estimate of drug-likeness (QED) is 0.255. The maximum absolute atomic E-state index is 13.0. The van der Waals surface area contributed by atoms with Gasteiger partial charge in [-0.1, -0.05) is 46.8 Å². The topological polar surface area (TPSA) is 127 Å². The third kappa shape index (κ3) is 6.44. The fourth-order valence-corrected chi connectivity index (χ4v) is 5.79. The van der Waals surface area contributed by atoms with Crippen molar-refractivity contribution in [2.24, 2.45) is 0 Å². The number of nitrogens with one attached hydrogen (secondary N) is 2. The normalized spacial score (nSPS) is 11.2. The monoisotopic (exact) mass is 526 g/mol. The lowest BCUT2D eigenvalue weighted by Gasteiger charge is -2.13. The zero-order valence-electron chi connectivity index (χ0n) is 17.7. The highest BCUT2D eigenvalue weighted by Crippen LogP contribution is 2.28. The Morgan fingerprint density at radius 1 is 1.15 bits per heavy atom. The molecule has 0 unspecified atom stereocenters. The second kappa shape index (κ2) is 10.5. The van der Waals surface area contributed by atoms with Crippen molar-refractivity contribution in [3.63, 3.8) is 0 Å². The van der Waals surface area contributed by atoms with Crippen LogP contribution in [0.25, 0.3) is 0 Å². The van der Waals surface area contributed by atoms with Crippen LogP contribution in [0.5, 0.6) is 0 Å². The Hall–Kier alpha value is -2.67. The summed E-state index contributed by atoms with van der Waals surface area (Å²) in [7, 11) is -2.78. The van der Waals surface area contributed by atoms with Crippen molar-refractivity contribution in [1.82, 2.24) is 10.2 Å². The highest BCUT2D eigenvalue weighted by molar-refractivity contribution is 8.01. The number of amides is 1. The van der Waals surface area contributed by atoms with Gasteiger partial charge >= 0.3 is 5.97 Å². The van der Waals surface area contributed by atoms with E-state index in [2.05, 4.69) is 25.0 Å². The molecule has 3 rings (SSSR count). The minimum Gasteiger partial charge on any atom is -0.468 e. The van der Waals surface area contributed by atoms with Gasteiger partial charge in [-0.3, -0.25) is 19.6 Å². The fourth-order valence-electron chi connectivity index (χ4n) is 2.56. The summed E-state index contributed by atoms with van der Waals surface area (Å²) >= 11 is 8.34. The molecule has 174 valence electrons. The first kappa shape index (κ1) is 25.0. The first-order valence-corrected chi connectivity index (χ1v) is 13.0. The number of thioether (sulfide) groups is 1. The predicted molar refractivity (Wildman–Crippen MR) is 129 cm³/mol. The van der Waals surface area contributed by atoms with Crippen molar-refractivity contribution in [3.05, 3.63) is 58.1 Å². The van der Waals surface area contributed by atoms with Crippen LogP contribution in [0.3, 0.4) is 0 Å². The summed E-state index contributed by atoms with van der Waals surface area (Å²) in [6.07, 6.45) is 0. The number of benzene rings is 2. The van der Waals surface area contributed by atoms with Gasteiger partial charge in [0.05, 0.1) is 23.6 Å². The van der Waals surface area contributed by atoms with Gasteiger partial charge in [0.2, 0.25) is 5.13 Å². The Morgan fingerprint density at radius 3 is 2.64 bits per heavy atom. The number of hydrogen-bond acceptors (Lipinski definition) is 9. The van der Waals surface area contributed by atoms with E-state index >= 15 is 0 Å². The first-order chi connectivity index (χ1) is 15.6. The number of hydrogen-bond donors (Lipinski definition) is 2. The Labute approximate surface area is 204 Å². The number of methoxy groups -OCH3 is 1. The molecule has 0 aliphatic heterocycles. The minimum atomic E-state index is -4.06. The molecule has 13 heteroatoms. The molecule has 0 saturated carbocycles. The van der Waals surface area contributed by atoms with E-state index in [0.29, 0.717) is 10.0 Å². The number of ether oxygens (including phenoxy) is 1. The van der Waals surface area contributed by atoms with Crippen LogP contribution in [0.1, 0.15) is 21.5 Å². The van der Waals surface area contributed by atoms with Gasteiger partial charge in [0.25, 0.3) is 15.9 Å². The third-order valence-corrected chi connectivity index (χ3v) is 8.08. The van der Waals surface area contributed by atoms with Gasteiger partial charge < -0.3 is 4.74 Å². The Morgan fingerprint density at radius 2 is 1.91 bits per heavy atom. The number of nitrogens with zero attached hydrogens (tertiary/aromatic N) is 2. The molecular formula is C20H19ClN4O5S3. The van der Waals surface area contributed by atoms with E-state index in [0.717, 1.165) is 34.2 Å². The van der Waals surface area contributed by atoms with E-state index in [1.165, 1.54) is 25.3 Å². The zero-order chi connectivity index (χ0) is 24.2. The summed E-state index contributed by atoms with van der Waals surface area (Å²) in [5.74, 6) is -0.939. The smallest absolute Gasteiger partial charge is 0.316 e. The molecule has 3 aromatic rings. The number of sulfonamides is 1. The molecule has 0 saturated heterocycles. The van der Waals surface area contributed by atoms with Crippen LogP contribution in [-0.4, -0.2) is 43.4 Å². The number of esters is 1. The largest absolute Gasteiger partial charge is 0.468 e. The second-order valence-electron chi connectivity index (χ2n) is 6.76. The molecule has 0 fully saturated rings. The molecule has 0 radical (unpaired) electrons. The Balaban J connectivity index is 1.78.